The molecular formula is C13H23NO2. The van der Waals surface area contributed by atoms with Gasteiger partial charge in [-0.3, -0.25) is 4.79 Å². The van der Waals surface area contributed by atoms with Gasteiger partial charge in [0, 0.05) is 13.0 Å². The molecule has 1 heterocycles. The van der Waals surface area contributed by atoms with E-state index < -0.39 is 0 Å². The normalized spacial score (nSPS) is 30.3. The smallest absolute Gasteiger partial charge is 0.223 e. The van der Waals surface area contributed by atoms with Crippen LogP contribution in [0.25, 0.3) is 0 Å². The van der Waals surface area contributed by atoms with Crippen molar-refractivity contribution in [3.05, 3.63) is 0 Å². The second-order valence-corrected chi connectivity index (χ2v) is 5.45. The first-order valence-corrected chi connectivity index (χ1v) is 6.59. The van der Waals surface area contributed by atoms with Crippen LogP contribution in [0.3, 0.4) is 0 Å². The van der Waals surface area contributed by atoms with Crippen LogP contribution in [0.4, 0.5) is 0 Å². The molecule has 3 heteroatoms. The van der Waals surface area contributed by atoms with Gasteiger partial charge in [-0.05, 0) is 18.8 Å². The average Bonchev–Trinajstić information content (AvgIpc) is 2.27. The highest BCUT2D eigenvalue weighted by molar-refractivity contribution is 5.77. The van der Waals surface area contributed by atoms with Crippen molar-refractivity contribution in [2.24, 2.45) is 5.92 Å². The van der Waals surface area contributed by atoms with E-state index in [-0.39, 0.29) is 0 Å². The number of morpholine rings is 1. The van der Waals surface area contributed by atoms with Gasteiger partial charge in [0.2, 0.25) is 5.91 Å². The molecule has 1 saturated carbocycles. The van der Waals surface area contributed by atoms with E-state index in [1.54, 1.807) is 0 Å². The Morgan fingerprint density at radius 1 is 1.38 bits per heavy atom. The molecule has 3 nitrogen and oxygen atoms in total. The largest absolute Gasteiger partial charge is 0.374 e. The minimum atomic E-state index is 0.318. The molecule has 92 valence electrons. The van der Waals surface area contributed by atoms with Gasteiger partial charge in [-0.2, -0.15) is 0 Å². The lowest BCUT2D eigenvalue weighted by Crippen LogP contribution is -2.55. The molecule has 2 rings (SSSR count). The van der Waals surface area contributed by atoms with Crippen LogP contribution in [-0.4, -0.2) is 36.1 Å². The molecular weight excluding hydrogens is 202 g/mol. The summed E-state index contributed by atoms with van der Waals surface area (Å²) in [5, 5.41) is 0. The highest BCUT2D eigenvalue weighted by Crippen LogP contribution is 2.29. The number of carbonyl (C=O) groups is 1. The standard InChI is InChI=1S/C13H23NO2/c1-10(2)9-13(15)14-7-8-16-12-6-4-3-5-11(12)14/h10-12H,3-9H2,1-2H3/t11-,12+/m1/s1. The Balaban J connectivity index is 1.99. The summed E-state index contributed by atoms with van der Waals surface area (Å²) in [6.45, 7) is 5.74. The van der Waals surface area contributed by atoms with Crippen LogP contribution in [0.5, 0.6) is 0 Å². The number of rotatable bonds is 2. The lowest BCUT2D eigenvalue weighted by molar-refractivity contribution is -0.150. The maximum absolute atomic E-state index is 12.1. The number of ether oxygens (including phenoxy) is 1. The third-order valence-corrected chi connectivity index (χ3v) is 3.64. The molecule has 0 bridgehead atoms. The molecule has 1 saturated heterocycles. The zero-order chi connectivity index (χ0) is 11.5. The van der Waals surface area contributed by atoms with Crippen LogP contribution >= 0.6 is 0 Å². The number of amides is 1. The molecule has 0 N–H and O–H groups in total. The lowest BCUT2D eigenvalue weighted by atomic mass is 9.89. The average molecular weight is 225 g/mol. The Hall–Kier alpha value is -0.570. The Morgan fingerprint density at radius 2 is 2.12 bits per heavy atom. The van der Waals surface area contributed by atoms with Crippen LogP contribution in [0, 0.1) is 5.92 Å². The molecule has 16 heavy (non-hydrogen) atoms. The van der Waals surface area contributed by atoms with E-state index in [0.717, 1.165) is 26.0 Å². The van der Waals surface area contributed by atoms with Crippen LogP contribution in [0.15, 0.2) is 0 Å². The monoisotopic (exact) mass is 225 g/mol. The Bertz CT molecular complexity index is 250. The molecule has 2 fully saturated rings. The first kappa shape index (κ1) is 11.9. The summed E-state index contributed by atoms with van der Waals surface area (Å²) in [5.41, 5.74) is 0. The van der Waals surface area contributed by atoms with Crippen molar-refractivity contribution >= 4 is 5.91 Å². The topological polar surface area (TPSA) is 29.5 Å². The molecule has 1 aliphatic heterocycles. The Labute approximate surface area is 98.1 Å². The molecule has 0 aromatic carbocycles. The maximum atomic E-state index is 12.1. The van der Waals surface area contributed by atoms with Crippen molar-refractivity contribution in [2.45, 2.75) is 58.1 Å². The zero-order valence-corrected chi connectivity index (χ0v) is 10.4. The van der Waals surface area contributed by atoms with Crippen molar-refractivity contribution in [3.63, 3.8) is 0 Å². The summed E-state index contributed by atoms with van der Waals surface area (Å²) >= 11 is 0. The van der Waals surface area contributed by atoms with E-state index in [4.69, 9.17) is 4.74 Å². The maximum Gasteiger partial charge on any atom is 0.223 e. The molecule has 0 aromatic heterocycles. The Kier molecular flexibility index (Phi) is 3.85. The van der Waals surface area contributed by atoms with Gasteiger partial charge in [-0.25, -0.2) is 0 Å². The van der Waals surface area contributed by atoms with E-state index in [9.17, 15) is 4.79 Å². The third-order valence-electron chi connectivity index (χ3n) is 3.64. The number of hydrogen-bond acceptors (Lipinski definition) is 2. The van der Waals surface area contributed by atoms with Crippen LogP contribution in [0.1, 0.15) is 46.0 Å². The van der Waals surface area contributed by atoms with E-state index >= 15 is 0 Å². The second-order valence-electron chi connectivity index (χ2n) is 5.45. The van der Waals surface area contributed by atoms with Gasteiger partial charge in [0.25, 0.3) is 0 Å². The first-order chi connectivity index (χ1) is 7.68. The van der Waals surface area contributed by atoms with E-state index in [1.165, 1.54) is 12.8 Å². The zero-order valence-electron chi connectivity index (χ0n) is 10.4. The van der Waals surface area contributed by atoms with Gasteiger partial charge in [0.15, 0.2) is 0 Å². The summed E-state index contributed by atoms with van der Waals surface area (Å²) in [5.74, 6) is 0.785. The highest BCUT2D eigenvalue weighted by atomic mass is 16.5. The number of nitrogens with zero attached hydrogens (tertiary/aromatic N) is 1. The number of hydrogen-bond donors (Lipinski definition) is 0. The minimum Gasteiger partial charge on any atom is -0.374 e. The summed E-state index contributed by atoms with van der Waals surface area (Å²) in [6.07, 6.45) is 5.77. The van der Waals surface area contributed by atoms with Crippen LogP contribution in [-0.2, 0) is 9.53 Å². The quantitative estimate of drug-likeness (QED) is 0.721. The minimum absolute atomic E-state index is 0.318. The Morgan fingerprint density at radius 3 is 2.88 bits per heavy atom. The molecule has 0 aromatic rings. The first-order valence-electron chi connectivity index (χ1n) is 6.59. The molecule has 0 spiro atoms. The van der Waals surface area contributed by atoms with E-state index in [2.05, 4.69) is 18.7 Å². The predicted octanol–water partition coefficient (Wildman–Crippen LogP) is 2.20. The van der Waals surface area contributed by atoms with E-state index in [0.29, 0.717) is 30.4 Å². The summed E-state index contributed by atoms with van der Waals surface area (Å²) in [7, 11) is 0. The SMILES string of the molecule is CC(C)CC(=O)N1CCO[C@H]2CCCC[C@H]21. The number of fused-ring (bicyclic) bond motifs is 1. The molecule has 0 radical (unpaired) electrons. The lowest BCUT2D eigenvalue weighted by Gasteiger charge is -2.44. The highest BCUT2D eigenvalue weighted by Gasteiger charge is 2.36. The van der Waals surface area contributed by atoms with Crippen molar-refractivity contribution < 1.29 is 9.53 Å². The van der Waals surface area contributed by atoms with Gasteiger partial charge in [-0.1, -0.05) is 26.7 Å². The molecule has 2 atom stereocenters. The molecule has 0 unspecified atom stereocenters. The van der Waals surface area contributed by atoms with Crippen LogP contribution in [0.2, 0.25) is 0 Å². The van der Waals surface area contributed by atoms with Gasteiger partial charge >= 0.3 is 0 Å². The van der Waals surface area contributed by atoms with Crippen molar-refractivity contribution in [3.8, 4) is 0 Å². The number of carbonyl (C=O) groups excluding carboxylic acids is 1. The van der Waals surface area contributed by atoms with Crippen molar-refractivity contribution in [2.75, 3.05) is 13.2 Å². The predicted molar refractivity (Wildman–Crippen MR) is 63.2 cm³/mol. The van der Waals surface area contributed by atoms with Crippen molar-refractivity contribution in [1.29, 1.82) is 0 Å². The van der Waals surface area contributed by atoms with Gasteiger partial charge in [-0.15, -0.1) is 0 Å². The van der Waals surface area contributed by atoms with E-state index in [1.807, 2.05) is 0 Å². The van der Waals surface area contributed by atoms with Crippen molar-refractivity contribution in [1.82, 2.24) is 4.90 Å². The molecule has 1 amide bonds. The summed E-state index contributed by atoms with van der Waals surface area (Å²) < 4.78 is 5.77. The third kappa shape index (κ3) is 2.57. The molecule has 1 aliphatic carbocycles. The fraction of sp³-hybridized carbons (Fsp3) is 0.923. The van der Waals surface area contributed by atoms with Crippen LogP contribution < -0.4 is 0 Å². The van der Waals surface area contributed by atoms with Gasteiger partial charge in [0.1, 0.15) is 0 Å². The van der Waals surface area contributed by atoms with Gasteiger partial charge < -0.3 is 9.64 Å². The summed E-state index contributed by atoms with van der Waals surface area (Å²) in [6, 6.07) is 0.369. The fourth-order valence-electron chi connectivity index (χ4n) is 2.87. The fourth-order valence-corrected chi connectivity index (χ4v) is 2.87. The molecule has 2 aliphatic rings. The second kappa shape index (κ2) is 5.17. The summed E-state index contributed by atoms with van der Waals surface area (Å²) in [4.78, 5) is 14.2. The van der Waals surface area contributed by atoms with Gasteiger partial charge in [0.05, 0.1) is 18.8 Å².